The average Bonchev–Trinajstić information content (AvgIpc) is 2.13. The van der Waals surface area contributed by atoms with Gasteiger partial charge in [0.2, 0.25) is 0 Å². The zero-order chi connectivity index (χ0) is 9.11. The van der Waals surface area contributed by atoms with Crippen LogP contribution in [0.15, 0.2) is 23.8 Å². The van der Waals surface area contributed by atoms with Crippen molar-refractivity contribution in [3.8, 4) is 0 Å². The maximum atomic E-state index is 9.50. The maximum Gasteiger partial charge on any atom is 0.0785 e. The molecule has 1 rings (SSSR count). The first kappa shape index (κ1) is 13.0. The van der Waals surface area contributed by atoms with Crippen LogP contribution in [0.2, 0.25) is 0 Å². The quantitative estimate of drug-likeness (QED) is 0.501. The smallest absolute Gasteiger partial charge is 0.0785 e. The predicted molar refractivity (Wildman–Crippen MR) is 50.5 cm³/mol. The molecule has 0 amide bonds. The van der Waals surface area contributed by atoms with E-state index in [1.807, 2.05) is 13.8 Å². The molecule has 0 aromatic heterocycles. The molecule has 66 valence electrons. The van der Waals surface area contributed by atoms with E-state index in [2.05, 4.69) is 25.2 Å². The number of alkyl halides is 1. The zero-order valence-corrected chi connectivity index (χ0v) is 8.02. The highest BCUT2D eigenvalue weighted by Crippen LogP contribution is 2.08. The number of halogens is 1. The van der Waals surface area contributed by atoms with Gasteiger partial charge in [0.05, 0.1) is 7.18 Å². The Morgan fingerprint density at radius 1 is 1.27 bits per heavy atom. The summed E-state index contributed by atoms with van der Waals surface area (Å²) in [4.78, 5) is 0. The summed E-state index contributed by atoms with van der Waals surface area (Å²) in [5, 5.41) is 0. The molecule has 1 heteroatoms. The van der Waals surface area contributed by atoms with Crippen molar-refractivity contribution >= 4 is 0 Å². The third-order valence-electron chi connectivity index (χ3n) is 1.22. The van der Waals surface area contributed by atoms with Crippen molar-refractivity contribution in [1.29, 1.82) is 0 Å². The SMILES string of the molecule is CC.CC1=CC=CCC1.CF. The van der Waals surface area contributed by atoms with Crippen LogP contribution in [-0.4, -0.2) is 7.18 Å². The normalized spacial score (nSPS) is 13.4. The van der Waals surface area contributed by atoms with Gasteiger partial charge in [0.1, 0.15) is 0 Å². The van der Waals surface area contributed by atoms with Gasteiger partial charge in [-0.2, -0.15) is 0 Å². The van der Waals surface area contributed by atoms with E-state index in [1.165, 1.54) is 18.4 Å². The predicted octanol–water partition coefficient (Wildman–Crippen LogP) is 3.89. The molecule has 0 saturated carbocycles. The molecule has 0 radical (unpaired) electrons. The van der Waals surface area contributed by atoms with Gasteiger partial charge in [-0.15, -0.1) is 0 Å². The molecule has 0 bridgehead atoms. The molecule has 0 aromatic carbocycles. The molecule has 11 heavy (non-hydrogen) atoms. The minimum absolute atomic E-state index is 0.500. The van der Waals surface area contributed by atoms with Crippen LogP contribution in [0.4, 0.5) is 4.39 Å². The third-order valence-corrected chi connectivity index (χ3v) is 1.22. The lowest BCUT2D eigenvalue weighted by Gasteiger charge is -1.98. The molecule has 1 aliphatic rings. The minimum Gasteiger partial charge on any atom is -0.255 e. The van der Waals surface area contributed by atoms with Gasteiger partial charge in [-0.05, 0) is 19.8 Å². The van der Waals surface area contributed by atoms with Gasteiger partial charge in [0.25, 0.3) is 0 Å². The molecule has 0 saturated heterocycles. The molecule has 0 heterocycles. The fourth-order valence-electron chi connectivity index (χ4n) is 0.723. The van der Waals surface area contributed by atoms with E-state index in [0.29, 0.717) is 7.18 Å². The Labute approximate surface area is 69.8 Å². The lowest BCUT2D eigenvalue weighted by atomic mass is 10.1. The van der Waals surface area contributed by atoms with E-state index in [-0.39, 0.29) is 0 Å². The van der Waals surface area contributed by atoms with Crippen molar-refractivity contribution in [2.45, 2.75) is 33.6 Å². The molecule has 0 fully saturated rings. The Hall–Kier alpha value is -0.590. The van der Waals surface area contributed by atoms with E-state index < -0.39 is 0 Å². The summed E-state index contributed by atoms with van der Waals surface area (Å²) in [5.41, 5.74) is 1.50. The van der Waals surface area contributed by atoms with Crippen molar-refractivity contribution in [2.75, 3.05) is 7.18 Å². The highest BCUT2D eigenvalue weighted by atomic mass is 19.1. The van der Waals surface area contributed by atoms with Gasteiger partial charge in [-0.25, -0.2) is 0 Å². The second kappa shape index (κ2) is 12.1. The largest absolute Gasteiger partial charge is 0.255 e. The first-order valence-electron chi connectivity index (χ1n) is 4.10. The van der Waals surface area contributed by atoms with Crippen LogP contribution in [0.3, 0.4) is 0 Å². The van der Waals surface area contributed by atoms with Gasteiger partial charge in [-0.1, -0.05) is 37.6 Å². The molecule has 0 spiro atoms. The zero-order valence-electron chi connectivity index (χ0n) is 8.02. The molecular formula is C10H19F. The van der Waals surface area contributed by atoms with Crippen molar-refractivity contribution in [3.05, 3.63) is 23.8 Å². The van der Waals surface area contributed by atoms with Crippen molar-refractivity contribution in [3.63, 3.8) is 0 Å². The first-order chi connectivity index (χ1) is 5.39. The Morgan fingerprint density at radius 3 is 2.00 bits per heavy atom. The van der Waals surface area contributed by atoms with Crippen molar-refractivity contribution < 1.29 is 4.39 Å². The molecule has 0 N–H and O–H groups in total. The van der Waals surface area contributed by atoms with Crippen LogP contribution in [0.25, 0.3) is 0 Å². The second-order valence-electron chi connectivity index (χ2n) is 1.98. The Kier molecular flexibility index (Phi) is 14.4. The summed E-state index contributed by atoms with van der Waals surface area (Å²) < 4.78 is 9.50. The van der Waals surface area contributed by atoms with Crippen LogP contribution >= 0.6 is 0 Å². The first-order valence-corrected chi connectivity index (χ1v) is 4.10. The number of hydrogen-bond donors (Lipinski definition) is 0. The summed E-state index contributed by atoms with van der Waals surface area (Å²) >= 11 is 0. The lowest BCUT2D eigenvalue weighted by molar-refractivity contribution is 0.636. The average molecular weight is 158 g/mol. The second-order valence-corrected chi connectivity index (χ2v) is 1.98. The molecule has 0 unspecified atom stereocenters. The van der Waals surface area contributed by atoms with Crippen LogP contribution in [0.1, 0.15) is 33.6 Å². The molecule has 0 atom stereocenters. The van der Waals surface area contributed by atoms with E-state index >= 15 is 0 Å². The summed E-state index contributed by atoms with van der Waals surface area (Å²) in [6.07, 6.45) is 8.99. The Balaban J connectivity index is 0. The van der Waals surface area contributed by atoms with E-state index in [4.69, 9.17) is 0 Å². The fraction of sp³-hybridized carbons (Fsp3) is 0.600. The van der Waals surface area contributed by atoms with Gasteiger partial charge in [0, 0.05) is 0 Å². The standard InChI is InChI=1S/C7H10.C2H6.CH3F/c1-7-5-3-2-4-6-7;2*1-2/h2-3,5H,4,6H2,1H3;1-2H3;1H3. The van der Waals surface area contributed by atoms with Crippen LogP contribution in [0.5, 0.6) is 0 Å². The van der Waals surface area contributed by atoms with Gasteiger partial charge < -0.3 is 0 Å². The van der Waals surface area contributed by atoms with E-state index in [9.17, 15) is 4.39 Å². The molecule has 1 aliphatic carbocycles. The van der Waals surface area contributed by atoms with E-state index in [1.54, 1.807) is 0 Å². The van der Waals surface area contributed by atoms with Crippen LogP contribution in [-0.2, 0) is 0 Å². The topological polar surface area (TPSA) is 0 Å². The molecule has 0 aromatic rings. The van der Waals surface area contributed by atoms with Gasteiger partial charge in [-0.3, -0.25) is 4.39 Å². The Bertz CT molecular complexity index is 112. The molecular weight excluding hydrogens is 139 g/mol. The highest BCUT2D eigenvalue weighted by molar-refractivity contribution is 5.15. The Morgan fingerprint density at radius 2 is 1.82 bits per heavy atom. The third kappa shape index (κ3) is 9.41. The highest BCUT2D eigenvalue weighted by Gasteiger charge is 1.88. The summed E-state index contributed by atoms with van der Waals surface area (Å²) in [6, 6.07) is 0. The number of hydrogen-bond acceptors (Lipinski definition) is 0. The maximum absolute atomic E-state index is 9.50. The minimum atomic E-state index is 0.500. The van der Waals surface area contributed by atoms with Gasteiger partial charge >= 0.3 is 0 Å². The van der Waals surface area contributed by atoms with Crippen LogP contribution in [0, 0.1) is 0 Å². The number of rotatable bonds is 0. The molecule has 0 aliphatic heterocycles. The monoisotopic (exact) mass is 158 g/mol. The van der Waals surface area contributed by atoms with Gasteiger partial charge in [0.15, 0.2) is 0 Å². The summed E-state index contributed by atoms with van der Waals surface area (Å²) in [5.74, 6) is 0. The summed E-state index contributed by atoms with van der Waals surface area (Å²) in [6.45, 7) is 6.17. The lowest BCUT2D eigenvalue weighted by Crippen LogP contribution is -1.78. The molecule has 0 nitrogen and oxygen atoms in total. The van der Waals surface area contributed by atoms with Crippen LogP contribution < -0.4 is 0 Å². The fourth-order valence-corrected chi connectivity index (χ4v) is 0.723. The van der Waals surface area contributed by atoms with Crippen molar-refractivity contribution in [2.24, 2.45) is 0 Å². The summed E-state index contributed by atoms with van der Waals surface area (Å²) in [7, 11) is 0.500. The number of allylic oxidation sites excluding steroid dienone is 4. The van der Waals surface area contributed by atoms with E-state index in [0.717, 1.165) is 0 Å². The van der Waals surface area contributed by atoms with Crippen molar-refractivity contribution in [1.82, 2.24) is 0 Å².